The van der Waals surface area contributed by atoms with E-state index in [1.165, 1.54) is 18.4 Å². The first-order chi connectivity index (χ1) is 26.8. The molecule has 2 atom stereocenters. The quantitative estimate of drug-likeness (QED) is 0.122. The number of anilines is 3. The standard InChI is InChI=1S/C42H55N9O6/c1-41(2,3)56-33(52)20-19-31(38(54)48-32(39(55)57-42(4,5)6)22-25-11-10-14-28(21-25)26-12-8-9-13-26)47-37(53)27-15-17-30(18-16-27)51(7)24-29-23-45-36-34(46-29)35(43)49-40(44)50-36/h10-11,14-18,21,23,26,31-32H,8-9,12-13,19-20,22,24H2,1-7H3,(H,47,53)(H,48,54)(H4,43,44,45,49,50)/t31-,32-/m0/s1. The molecule has 0 bridgehead atoms. The third-order valence-electron chi connectivity index (χ3n) is 9.37. The molecule has 2 aromatic carbocycles. The Balaban J connectivity index is 1.32. The molecular weight excluding hydrogens is 727 g/mol. The first kappa shape index (κ1) is 42.3. The Morgan fingerprint density at radius 2 is 1.56 bits per heavy atom. The monoisotopic (exact) mass is 781 g/mol. The SMILES string of the molecule is CN(Cc1cnc2nc(N)nc(N)c2n1)c1ccc(C(=O)N[C@@H](CCC(=O)OC(C)(C)C)C(=O)N[C@@H](Cc2cccc(C3CCCC3)c2)C(=O)OC(C)(C)C)cc1. The Morgan fingerprint density at radius 3 is 2.23 bits per heavy atom. The van der Waals surface area contributed by atoms with E-state index in [9.17, 15) is 19.2 Å². The lowest BCUT2D eigenvalue weighted by Crippen LogP contribution is -2.53. The van der Waals surface area contributed by atoms with E-state index in [4.69, 9.17) is 20.9 Å². The maximum atomic E-state index is 14.1. The van der Waals surface area contributed by atoms with Gasteiger partial charge in [0.05, 0.1) is 18.4 Å². The second-order valence-corrected chi connectivity index (χ2v) is 16.6. The molecule has 1 saturated carbocycles. The maximum Gasteiger partial charge on any atom is 0.329 e. The molecule has 2 heterocycles. The zero-order chi connectivity index (χ0) is 41.5. The van der Waals surface area contributed by atoms with Gasteiger partial charge in [0.1, 0.15) is 23.3 Å². The van der Waals surface area contributed by atoms with Crippen molar-refractivity contribution in [3.63, 3.8) is 0 Å². The summed E-state index contributed by atoms with van der Waals surface area (Å²) in [6.07, 6.45) is 6.17. The topological polar surface area (TPSA) is 218 Å². The molecule has 15 heteroatoms. The number of esters is 2. The molecule has 2 aromatic heterocycles. The number of fused-ring (bicyclic) bond motifs is 1. The van der Waals surface area contributed by atoms with Gasteiger partial charge in [0, 0.05) is 31.1 Å². The average Bonchev–Trinajstić information content (AvgIpc) is 3.67. The Kier molecular flexibility index (Phi) is 13.3. The van der Waals surface area contributed by atoms with Crippen molar-refractivity contribution in [1.82, 2.24) is 30.6 Å². The molecule has 1 aliphatic rings. The molecule has 1 fully saturated rings. The lowest BCUT2D eigenvalue weighted by molar-refractivity contribution is -0.159. The second-order valence-electron chi connectivity index (χ2n) is 16.6. The van der Waals surface area contributed by atoms with Crippen LogP contribution in [-0.2, 0) is 36.8 Å². The van der Waals surface area contributed by atoms with E-state index in [1.54, 1.807) is 72.0 Å². The van der Waals surface area contributed by atoms with Crippen LogP contribution in [0.2, 0.25) is 0 Å². The first-order valence-electron chi connectivity index (χ1n) is 19.3. The van der Waals surface area contributed by atoms with Gasteiger partial charge in [-0.05, 0) is 102 Å². The van der Waals surface area contributed by atoms with Crippen LogP contribution in [0.5, 0.6) is 0 Å². The van der Waals surface area contributed by atoms with Crippen molar-refractivity contribution in [2.75, 3.05) is 23.4 Å². The highest BCUT2D eigenvalue weighted by atomic mass is 16.6. The summed E-state index contributed by atoms with van der Waals surface area (Å²) in [5.74, 6) is -1.68. The van der Waals surface area contributed by atoms with Crippen LogP contribution in [0.15, 0.2) is 54.7 Å². The van der Waals surface area contributed by atoms with Gasteiger partial charge in [0.15, 0.2) is 17.0 Å². The van der Waals surface area contributed by atoms with Gasteiger partial charge in [0.25, 0.3) is 5.91 Å². The van der Waals surface area contributed by atoms with Crippen LogP contribution in [0.1, 0.15) is 113 Å². The zero-order valence-corrected chi connectivity index (χ0v) is 33.9. The first-order valence-corrected chi connectivity index (χ1v) is 19.3. The normalized spacial score (nSPS) is 14.4. The van der Waals surface area contributed by atoms with Crippen molar-refractivity contribution in [3.8, 4) is 0 Å². The number of nitrogen functional groups attached to an aromatic ring is 2. The number of carbonyl (C=O) groups excluding carboxylic acids is 4. The summed E-state index contributed by atoms with van der Waals surface area (Å²) >= 11 is 0. The van der Waals surface area contributed by atoms with Gasteiger partial charge in [-0.15, -0.1) is 0 Å². The molecule has 304 valence electrons. The number of nitrogens with one attached hydrogen (secondary N) is 2. The molecule has 0 saturated heterocycles. The predicted molar refractivity (Wildman–Crippen MR) is 218 cm³/mol. The van der Waals surface area contributed by atoms with Crippen molar-refractivity contribution >= 4 is 52.4 Å². The number of carbonyl (C=O) groups is 4. The van der Waals surface area contributed by atoms with Crippen molar-refractivity contribution < 1.29 is 28.7 Å². The fourth-order valence-corrected chi connectivity index (χ4v) is 6.73. The summed E-state index contributed by atoms with van der Waals surface area (Å²) in [4.78, 5) is 72.9. The molecule has 5 rings (SSSR count). The smallest absolute Gasteiger partial charge is 0.329 e. The highest BCUT2D eigenvalue weighted by Crippen LogP contribution is 2.34. The lowest BCUT2D eigenvalue weighted by atomic mass is 9.94. The maximum absolute atomic E-state index is 14.1. The Bertz CT molecular complexity index is 2070. The predicted octanol–water partition coefficient (Wildman–Crippen LogP) is 5.17. The average molecular weight is 782 g/mol. The van der Waals surface area contributed by atoms with E-state index >= 15 is 0 Å². The van der Waals surface area contributed by atoms with Gasteiger partial charge >= 0.3 is 11.9 Å². The van der Waals surface area contributed by atoms with E-state index in [2.05, 4.69) is 42.7 Å². The number of nitrogens with two attached hydrogens (primary N) is 2. The number of ether oxygens (including phenoxy) is 2. The van der Waals surface area contributed by atoms with Crippen LogP contribution in [0.25, 0.3) is 11.2 Å². The Hall–Kier alpha value is -5.86. The van der Waals surface area contributed by atoms with Gasteiger partial charge in [-0.1, -0.05) is 37.1 Å². The van der Waals surface area contributed by atoms with E-state index in [0.717, 1.165) is 24.1 Å². The van der Waals surface area contributed by atoms with E-state index in [-0.39, 0.29) is 36.6 Å². The molecule has 0 unspecified atom stereocenters. The summed E-state index contributed by atoms with van der Waals surface area (Å²) < 4.78 is 11.2. The Morgan fingerprint density at radius 1 is 0.877 bits per heavy atom. The minimum Gasteiger partial charge on any atom is -0.460 e. The van der Waals surface area contributed by atoms with Gasteiger partial charge in [0.2, 0.25) is 11.9 Å². The van der Waals surface area contributed by atoms with E-state index in [1.807, 2.05) is 24.1 Å². The molecule has 57 heavy (non-hydrogen) atoms. The number of rotatable bonds is 14. The fourth-order valence-electron chi connectivity index (χ4n) is 6.73. The van der Waals surface area contributed by atoms with Crippen LogP contribution in [-0.4, -0.2) is 74.0 Å². The number of benzene rings is 2. The van der Waals surface area contributed by atoms with Crippen LogP contribution in [0.4, 0.5) is 17.5 Å². The van der Waals surface area contributed by atoms with E-state index in [0.29, 0.717) is 29.3 Å². The molecular formula is C42H55N9O6. The van der Waals surface area contributed by atoms with Crippen molar-refractivity contribution in [3.05, 3.63) is 77.1 Å². The van der Waals surface area contributed by atoms with Crippen molar-refractivity contribution in [2.24, 2.45) is 0 Å². The third kappa shape index (κ3) is 12.3. The van der Waals surface area contributed by atoms with E-state index < -0.39 is 47.0 Å². The summed E-state index contributed by atoms with van der Waals surface area (Å²) in [6, 6.07) is 12.7. The highest BCUT2D eigenvalue weighted by Gasteiger charge is 2.32. The minimum absolute atomic E-state index is 0.0129. The van der Waals surface area contributed by atoms with Crippen LogP contribution < -0.4 is 27.0 Å². The van der Waals surface area contributed by atoms with Crippen molar-refractivity contribution in [2.45, 2.75) is 122 Å². The van der Waals surface area contributed by atoms with Crippen molar-refractivity contribution in [1.29, 1.82) is 0 Å². The summed E-state index contributed by atoms with van der Waals surface area (Å²) in [5.41, 5.74) is 14.5. The van der Waals surface area contributed by atoms with Gasteiger partial charge in [-0.3, -0.25) is 14.4 Å². The zero-order valence-electron chi connectivity index (χ0n) is 33.9. The number of aromatic nitrogens is 4. The number of amides is 2. The summed E-state index contributed by atoms with van der Waals surface area (Å²) in [6.45, 7) is 10.9. The van der Waals surface area contributed by atoms with Gasteiger partial charge in [-0.2, -0.15) is 9.97 Å². The number of hydrogen-bond acceptors (Lipinski definition) is 13. The van der Waals surface area contributed by atoms with Gasteiger partial charge in [-0.25, -0.2) is 14.8 Å². The molecule has 6 N–H and O–H groups in total. The molecule has 15 nitrogen and oxygen atoms in total. The minimum atomic E-state index is -1.18. The molecule has 0 aliphatic heterocycles. The second kappa shape index (κ2) is 17.9. The largest absolute Gasteiger partial charge is 0.460 e. The lowest BCUT2D eigenvalue weighted by Gasteiger charge is -2.27. The van der Waals surface area contributed by atoms with Crippen LogP contribution >= 0.6 is 0 Å². The number of hydrogen-bond donors (Lipinski definition) is 4. The molecule has 1 aliphatic carbocycles. The highest BCUT2D eigenvalue weighted by molar-refractivity contribution is 5.98. The third-order valence-corrected chi connectivity index (χ3v) is 9.37. The summed E-state index contributed by atoms with van der Waals surface area (Å²) in [5, 5.41) is 5.64. The molecule has 4 aromatic rings. The Labute approximate surface area is 333 Å². The number of nitrogens with zero attached hydrogens (tertiary/aromatic N) is 5. The molecule has 0 radical (unpaired) electrons. The van der Waals surface area contributed by atoms with Gasteiger partial charge < -0.3 is 36.5 Å². The molecule has 0 spiro atoms. The fraction of sp³-hybridized carbons (Fsp3) is 0.476. The van der Waals surface area contributed by atoms with Crippen LogP contribution in [0, 0.1) is 0 Å². The van der Waals surface area contributed by atoms with Crippen LogP contribution in [0.3, 0.4) is 0 Å². The molecule has 2 amide bonds. The summed E-state index contributed by atoms with van der Waals surface area (Å²) in [7, 11) is 1.85.